The Balaban J connectivity index is 2.31. The third-order valence-corrected chi connectivity index (χ3v) is 2.91. The molecular weight excluding hydrogens is 216 g/mol. The molecule has 2 aromatic heterocycles. The first kappa shape index (κ1) is 9.84. The molecule has 0 radical (unpaired) electrons. The fourth-order valence-electron chi connectivity index (χ4n) is 2.03. The summed E-state index contributed by atoms with van der Waals surface area (Å²) in [5.74, 6) is 0.513. The summed E-state index contributed by atoms with van der Waals surface area (Å²) in [5, 5.41) is 4.77. The molecule has 0 spiro atoms. The van der Waals surface area contributed by atoms with Crippen LogP contribution in [0.25, 0.3) is 22.4 Å². The van der Waals surface area contributed by atoms with Crippen molar-refractivity contribution in [3.05, 3.63) is 42.1 Å². The standard InChI is InChI=1S/C13H10N2O2/c1-15-11-5-3-2-4-9(11)6-12(15)13-10(8-16)7-14-17-13/h2-8H,1H3. The van der Waals surface area contributed by atoms with Gasteiger partial charge in [0.05, 0.1) is 17.5 Å². The van der Waals surface area contributed by atoms with E-state index in [4.69, 9.17) is 4.52 Å². The van der Waals surface area contributed by atoms with Crippen LogP contribution in [0.4, 0.5) is 0 Å². The van der Waals surface area contributed by atoms with Gasteiger partial charge in [-0.1, -0.05) is 23.4 Å². The Morgan fingerprint density at radius 1 is 1.35 bits per heavy atom. The molecule has 0 aliphatic rings. The van der Waals surface area contributed by atoms with Crippen molar-refractivity contribution in [2.24, 2.45) is 7.05 Å². The van der Waals surface area contributed by atoms with Crippen molar-refractivity contribution in [1.82, 2.24) is 9.72 Å². The Morgan fingerprint density at radius 3 is 2.94 bits per heavy atom. The third-order valence-electron chi connectivity index (χ3n) is 2.91. The Labute approximate surface area is 97.4 Å². The van der Waals surface area contributed by atoms with Crippen molar-refractivity contribution in [3.63, 3.8) is 0 Å². The molecule has 0 saturated carbocycles. The number of aldehydes is 1. The van der Waals surface area contributed by atoms with Gasteiger partial charge in [0.25, 0.3) is 0 Å². The summed E-state index contributed by atoms with van der Waals surface area (Å²) in [7, 11) is 1.94. The highest BCUT2D eigenvalue weighted by molar-refractivity contribution is 5.90. The van der Waals surface area contributed by atoms with Crippen LogP contribution < -0.4 is 0 Å². The van der Waals surface area contributed by atoms with Gasteiger partial charge < -0.3 is 9.09 Å². The molecule has 84 valence electrons. The first-order valence-electron chi connectivity index (χ1n) is 5.26. The highest BCUT2D eigenvalue weighted by Crippen LogP contribution is 2.28. The molecule has 0 saturated heterocycles. The molecule has 4 nitrogen and oxygen atoms in total. The van der Waals surface area contributed by atoms with Gasteiger partial charge in [-0.3, -0.25) is 4.79 Å². The molecule has 17 heavy (non-hydrogen) atoms. The molecule has 0 aliphatic carbocycles. The van der Waals surface area contributed by atoms with Crippen LogP contribution in [-0.4, -0.2) is 16.0 Å². The summed E-state index contributed by atoms with van der Waals surface area (Å²) < 4.78 is 7.14. The first-order valence-corrected chi connectivity index (χ1v) is 5.26. The smallest absolute Gasteiger partial charge is 0.193 e. The maximum Gasteiger partial charge on any atom is 0.193 e. The van der Waals surface area contributed by atoms with Crippen LogP contribution >= 0.6 is 0 Å². The highest BCUT2D eigenvalue weighted by atomic mass is 16.5. The molecule has 0 aliphatic heterocycles. The van der Waals surface area contributed by atoms with Gasteiger partial charge in [-0.15, -0.1) is 0 Å². The number of para-hydroxylation sites is 1. The van der Waals surface area contributed by atoms with Gasteiger partial charge in [0.2, 0.25) is 0 Å². The zero-order chi connectivity index (χ0) is 11.8. The van der Waals surface area contributed by atoms with Crippen LogP contribution in [0.15, 0.2) is 41.1 Å². The van der Waals surface area contributed by atoms with E-state index in [9.17, 15) is 4.79 Å². The molecule has 0 atom stereocenters. The zero-order valence-electron chi connectivity index (χ0n) is 9.25. The molecule has 2 heterocycles. The second-order valence-corrected chi connectivity index (χ2v) is 3.88. The molecule has 4 heteroatoms. The number of hydrogen-bond donors (Lipinski definition) is 0. The van der Waals surface area contributed by atoms with Gasteiger partial charge in [-0.05, 0) is 12.1 Å². The SMILES string of the molecule is Cn1c(-c2oncc2C=O)cc2ccccc21. The van der Waals surface area contributed by atoms with Crippen LogP contribution in [0.5, 0.6) is 0 Å². The zero-order valence-corrected chi connectivity index (χ0v) is 9.25. The van der Waals surface area contributed by atoms with Crippen molar-refractivity contribution in [1.29, 1.82) is 0 Å². The van der Waals surface area contributed by atoms with E-state index in [1.54, 1.807) is 0 Å². The van der Waals surface area contributed by atoms with Gasteiger partial charge in [-0.25, -0.2) is 0 Å². The Bertz CT molecular complexity index is 694. The lowest BCUT2D eigenvalue weighted by atomic mass is 10.2. The second-order valence-electron chi connectivity index (χ2n) is 3.88. The lowest BCUT2D eigenvalue weighted by molar-refractivity contribution is 0.112. The Kier molecular flexibility index (Phi) is 2.08. The molecule has 1 aromatic carbocycles. The fraction of sp³-hybridized carbons (Fsp3) is 0.0769. The van der Waals surface area contributed by atoms with Gasteiger partial charge in [0.1, 0.15) is 0 Å². The number of carbonyl (C=O) groups excluding carboxylic acids is 1. The fourth-order valence-corrected chi connectivity index (χ4v) is 2.03. The average Bonchev–Trinajstić information content (AvgIpc) is 2.94. The molecule has 3 rings (SSSR count). The Morgan fingerprint density at radius 2 is 2.18 bits per heavy atom. The van der Waals surface area contributed by atoms with E-state index in [-0.39, 0.29) is 0 Å². The number of hydrogen-bond acceptors (Lipinski definition) is 3. The van der Waals surface area contributed by atoms with Crippen LogP contribution in [-0.2, 0) is 7.05 Å². The van der Waals surface area contributed by atoms with Gasteiger partial charge in [-0.2, -0.15) is 0 Å². The van der Waals surface area contributed by atoms with E-state index in [1.165, 1.54) is 6.20 Å². The normalized spacial score (nSPS) is 10.9. The Hall–Kier alpha value is -2.36. The van der Waals surface area contributed by atoms with Crippen LogP contribution in [0.1, 0.15) is 10.4 Å². The van der Waals surface area contributed by atoms with E-state index in [2.05, 4.69) is 5.16 Å². The second kappa shape index (κ2) is 3.59. The molecular formula is C13H10N2O2. The van der Waals surface area contributed by atoms with E-state index < -0.39 is 0 Å². The first-order chi connectivity index (χ1) is 8.31. The minimum absolute atomic E-state index is 0.468. The van der Waals surface area contributed by atoms with E-state index >= 15 is 0 Å². The van der Waals surface area contributed by atoms with Crippen LogP contribution in [0.2, 0.25) is 0 Å². The minimum Gasteiger partial charge on any atom is -0.354 e. The summed E-state index contributed by atoms with van der Waals surface area (Å²) >= 11 is 0. The number of fused-ring (bicyclic) bond motifs is 1. The molecule has 0 unspecified atom stereocenters. The van der Waals surface area contributed by atoms with Gasteiger partial charge in [0.15, 0.2) is 12.0 Å². The predicted octanol–water partition coefficient (Wildman–Crippen LogP) is 2.65. The lowest BCUT2D eigenvalue weighted by Crippen LogP contribution is -1.92. The minimum atomic E-state index is 0.468. The number of benzene rings is 1. The molecule has 0 N–H and O–H groups in total. The van der Waals surface area contributed by atoms with Crippen molar-refractivity contribution in [2.75, 3.05) is 0 Å². The summed E-state index contributed by atoms with van der Waals surface area (Å²) in [4.78, 5) is 10.9. The van der Waals surface area contributed by atoms with Gasteiger partial charge in [0, 0.05) is 18.0 Å². The number of aromatic nitrogens is 2. The summed E-state index contributed by atoms with van der Waals surface area (Å²) in [6.07, 6.45) is 2.18. The van der Waals surface area contributed by atoms with E-state index in [0.29, 0.717) is 11.3 Å². The molecule has 0 fully saturated rings. The van der Waals surface area contributed by atoms with Crippen molar-refractivity contribution in [2.45, 2.75) is 0 Å². The number of rotatable bonds is 2. The third kappa shape index (κ3) is 1.38. The largest absolute Gasteiger partial charge is 0.354 e. The number of nitrogens with zero attached hydrogens (tertiary/aromatic N) is 2. The highest BCUT2D eigenvalue weighted by Gasteiger charge is 2.15. The van der Waals surface area contributed by atoms with Crippen molar-refractivity contribution in [3.8, 4) is 11.5 Å². The number of aryl methyl sites for hydroxylation is 1. The van der Waals surface area contributed by atoms with Crippen molar-refractivity contribution < 1.29 is 9.32 Å². The topological polar surface area (TPSA) is 48.0 Å². The maximum atomic E-state index is 10.9. The van der Waals surface area contributed by atoms with E-state index in [0.717, 1.165) is 22.9 Å². The van der Waals surface area contributed by atoms with Crippen LogP contribution in [0, 0.1) is 0 Å². The van der Waals surface area contributed by atoms with E-state index in [1.807, 2.05) is 41.9 Å². The summed E-state index contributed by atoms with van der Waals surface area (Å²) in [6, 6.07) is 9.99. The quantitative estimate of drug-likeness (QED) is 0.631. The monoisotopic (exact) mass is 226 g/mol. The van der Waals surface area contributed by atoms with Gasteiger partial charge >= 0.3 is 0 Å². The number of carbonyl (C=O) groups is 1. The molecule has 3 aromatic rings. The molecule has 0 bridgehead atoms. The predicted molar refractivity (Wildman–Crippen MR) is 63.8 cm³/mol. The van der Waals surface area contributed by atoms with Crippen LogP contribution in [0.3, 0.4) is 0 Å². The molecule has 0 amide bonds. The van der Waals surface area contributed by atoms with Crippen molar-refractivity contribution >= 4 is 17.2 Å². The lowest BCUT2D eigenvalue weighted by Gasteiger charge is -2.00. The maximum absolute atomic E-state index is 10.9. The average molecular weight is 226 g/mol. The summed E-state index contributed by atoms with van der Waals surface area (Å²) in [5.41, 5.74) is 2.41. The summed E-state index contributed by atoms with van der Waals surface area (Å²) in [6.45, 7) is 0.